The number of carbonyl (C=O) groups is 2. The summed E-state index contributed by atoms with van der Waals surface area (Å²) >= 11 is 0. The lowest BCUT2D eigenvalue weighted by molar-refractivity contribution is -0.137. The van der Waals surface area contributed by atoms with Crippen LogP contribution < -0.4 is 16.7 Å². The van der Waals surface area contributed by atoms with Gasteiger partial charge in [0.1, 0.15) is 5.58 Å². The Kier molecular flexibility index (Phi) is 5.80. The molecule has 2 rings (SSSR count). The van der Waals surface area contributed by atoms with Gasteiger partial charge in [-0.25, -0.2) is 4.79 Å². The van der Waals surface area contributed by atoms with Crippen molar-refractivity contribution >= 4 is 28.5 Å². The smallest absolute Gasteiger partial charge is 0.336 e. The molecule has 0 spiro atoms. The molecule has 0 radical (unpaired) electrons. The van der Waals surface area contributed by atoms with Gasteiger partial charge in [0.15, 0.2) is 0 Å². The van der Waals surface area contributed by atoms with E-state index in [-0.39, 0.29) is 12.3 Å². The van der Waals surface area contributed by atoms with Gasteiger partial charge in [0.05, 0.1) is 6.42 Å². The molecule has 1 amide bonds. The Morgan fingerprint density at radius 3 is 2.68 bits per heavy atom. The topological polar surface area (TPSA) is 123 Å². The van der Waals surface area contributed by atoms with Crippen LogP contribution in [0.4, 0.5) is 5.69 Å². The van der Waals surface area contributed by atoms with Crippen molar-refractivity contribution in [2.45, 2.75) is 45.6 Å². The molecule has 1 atom stereocenters. The lowest BCUT2D eigenvalue weighted by Crippen LogP contribution is -2.35. The summed E-state index contributed by atoms with van der Waals surface area (Å²) in [4.78, 5) is 33.5. The Morgan fingerprint density at radius 1 is 1.32 bits per heavy atom. The minimum atomic E-state index is -0.949. The highest BCUT2D eigenvalue weighted by Gasteiger charge is 2.15. The van der Waals surface area contributed by atoms with Crippen molar-refractivity contribution in [2.75, 3.05) is 5.73 Å². The van der Waals surface area contributed by atoms with Crippen LogP contribution in [-0.4, -0.2) is 23.0 Å². The molecule has 7 nitrogen and oxygen atoms in total. The van der Waals surface area contributed by atoms with Crippen LogP contribution in [0, 0.1) is 6.92 Å². The van der Waals surface area contributed by atoms with Crippen molar-refractivity contribution in [3.8, 4) is 0 Å². The Bertz CT molecular complexity index is 840. The van der Waals surface area contributed by atoms with E-state index >= 15 is 0 Å². The van der Waals surface area contributed by atoms with Gasteiger partial charge in [-0.1, -0.05) is 0 Å². The Labute approximate surface area is 144 Å². The zero-order valence-corrected chi connectivity index (χ0v) is 14.3. The minimum absolute atomic E-state index is 0.114. The monoisotopic (exact) mass is 346 g/mol. The van der Waals surface area contributed by atoms with Gasteiger partial charge >= 0.3 is 11.6 Å². The molecule has 0 fully saturated rings. The fourth-order valence-corrected chi connectivity index (χ4v) is 2.90. The maximum absolute atomic E-state index is 11.4. The average Bonchev–Trinajstić information content (AvgIpc) is 2.46. The molecule has 0 bridgehead atoms. The van der Waals surface area contributed by atoms with Gasteiger partial charge in [-0.15, -0.1) is 0 Å². The fourth-order valence-electron chi connectivity index (χ4n) is 2.90. The number of carbonyl (C=O) groups excluding carboxylic acids is 1. The number of benzene rings is 1. The van der Waals surface area contributed by atoms with Gasteiger partial charge < -0.3 is 20.6 Å². The third-order valence-electron chi connectivity index (χ3n) is 4.04. The highest BCUT2D eigenvalue weighted by Crippen LogP contribution is 2.25. The first-order chi connectivity index (χ1) is 11.8. The zero-order chi connectivity index (χ0) is 18.6. The van der Waals surface area contributed by atoms with Gasteiger partial charge in [0, 0.05) is 36.2 Å². The van der Waals surface area contributed by atoms with E-state index in [1.807, 2.05) is 13.0 Å². The molecule has 1 unspecified atom stereocenters. The van der Waals surface area contributed by atoms with Crippen molar-refractivity contribution in [2.24, 2.45) is 0 Å². The Balaban J connectivity index is 2.11. The summed E-state index contributed by atoms with van der Waals surface area (Å²) in [6.07, 6.45) is 1.73. The standard InChI is InChI=1S/C18H22N2O5/c1-10-6-18(24)25-16-9-15(19)12(7-14(10)16)4-3-5-13(8-17(22)23)20-11(2)21/h6-7,9,13H,3-5,8,19H2,1-2H3,(H,20,21)(H,22,23). The van der Waals surface area contributed by atoms with Crippen LogP contribution >= 0.6 is 0 Å². The number of carboxylic acids is 1. The first kappa shape index (κ1) is 18.5. The fraction of sp³-hybridized carbons (Fsp3) is 0.389. The molecule has 25 heavy (non-hydrogen) atoms. The molecule has 1 aromatic heterocycles. The highest BCUT2D eigenvalue weighted by molar-refractivity contribution is 5.84. The van der Waals surface area contributed by atoms with Crippen LogP contribution in [0.2, 0.25) is 0 Å². The number of nitrogen functional groups attached to an aromatic ring is 1. The van der Waals surface area contributed by atoms with Gasteiger partial charge in [-0.2, -0.15) is 0 Å². The quantitative estimate of drug-likeness (QED) is 0.520. The van der Waals surface area contributed by atoms with E-state index in [9.17, 15) is 14.4 Å². The van der Waals surface area contributed by atoms with E-state index in [2.05, 4.69) is 5.32 Å². The van der Waals surface area contributed by atoms with Gasteiger partial charge in [0.25, 0.3) is 0 Å². The molecule has 0 saturated carbocycles. The molecular weight excluding hydrogens is 324 g/mol. The number of rotatable bonds is 7. The summed E-state index contributed by atoms with van der Waals surface area (Å²) in [6, 6.07) is 4.56. The number of carboxylic acid groups (broad SMARTS) is 1. The van der Waals surface area contributed by atoms with Gasteiger partial charge in [0.2, 0.25) is 5.91 Å². The summed E-state index contributed by atoms with van der Waals surface area (Å²) in [5.41, 5.74) is 8.32. The van der Waals surface area contributed by atoms with Crippen LogP contribution in [0.15, 0.2) is 27.4 Å². The molecule has 0 aliphatic heterocycles. The van der Waals surface area contributed by atoms with E-state index in [1.54, 1.807) is 6.07 Å². The second-order valence-electron chi connectivity index (χ2n) is 6.18. The number of anilines is 1. The largest absolute Gasteiger partial charge is 0.481 e. The SMILES string of the molecule is CC(=O)NC(CCCc1cc2c(C)cc(=O)oc2cc1N)CC(=O)O. The van der Waals surface area contributed by atoms with Crippen molar-refractivity contribution in [1.29, 1.82) is 0 Å². The number of amides is 1. The summed E-state index contributed by atoms with van der Waals surface area (Å²) in [5, 5.41) is 12.4. The average molecular weight is 346 g/mol. The number of aryl methyl sites for hydroxylation is 2. The van der Waals surface area contributed by atoms with Gasteiger partial charge in [-0.3, -0.25) is 9.59 Å². The van der Waals surface area contributed by atoms with Crippen LogP contribution in [0.25, 0.3) is 11.0 Å². The Hall–Kier alpha value is -2.83. The molecule has 0 aliphatic rings. The summed E-state index contributed by atoms with van der Waals surface area (Å²) in [7, 11) is 0. The molecular formula is C18H22N2O5. The maximum Gasteiger partial charge on any atom is 0.336 e. The molecule has 0 aliphatic carbocycles. The van der Waals surface area contributed by atoms with Crippen molar-refractivity contribution in [1.82, 2.24) is 5.32 Å². The van der Waals surface area contributed by atoms with Crippen LogP contribution in [-0.2, 0) is 16.0 Å². The molecule has 4 N–H and O–H groups in total. The number of hydrogen-bond donors (Lipinski definition) is 3. The first-order valence-corrected chi connectivity index (χ1v) is 8.08. The molecule has 2 aromatic rings. The lowest BCUT2D eigenvalue weighted by atomic mass is 9.99. The molecule has 0 saturated heterocycles. The minimum Gasteiger partial charge on any atom is -0.481 e. The number of hydrogen-bond acceptors (Lipinski definition) is 5. The van der Waals surface area contributed by atoms with E-state index in [1.165, 1.54) is 13.0 Å². The first-order valence-electron chi connectivity index (χ1n) is 8.08. The van der Waals surface area contributed by atoms with Crippen LogP contribution in [0.3, 0.4) is 0 Å². The number of fused-ring (bicyclic) bond motifs is 1. The normalized spacial score (nSPS) is 12.1. The van der Waals surface area contributed by atoms with E-state index in [4.69, 9.17) is 15.3 Å². The zero-order valence-electron chi connectivity index (χ0n) is 14.3. The predicted molar refractivity (Wildman–Crippen MR) is 94.4 cm³/mol. The number of aliphatic carboxylic acids is 1. The second-order valence-corrected chi connectivity index (χ2v) is 6.18. The van der Waals surface area contributed by atoms with Crippen LogP contribution in [0.5, 0.6) is 0 Å². The molecule has 1 heterocycles. The van der Waals surface area contributed by atoms with E-state index in [0.29, 0.717) is 30.5 Å². The molecule has 7 heteroatoms. The lowest BCUT2D eigenvalue weighted by Gasteiger charge is -2.16. The Morgan fingerprint density at radius 2 is 2.04 bits per heavy atom. The highest BCUT2D eigenvalue weighted by atomic mass is 16.4. The van der Waals surface area contributed by atoms with Crippen LogP contribution in [0.1, 0.15) is 37.3 Å². The third-order valence-corrected chi connectivity index (χ3v) is 4.04. The van der Waals surface area contributed by atoms with Crippen molar-refractivity contribution in [3.05, 3.63) is 39.7 Å². The van der Waals surface area contributed by atoms with E-state index < -0.39 is 17.6 Å². The van der Waals surface area contributed by atoms with E-state index in [0.717, 1.165) is 16.5 Å². The molecule has 134 valence electrons. The third kappa shape index (κ3) is 5.07. The summed E-state index contributed by atoms with van der Waals surface area (Å²) in [5.74, 6) is -1.20. The predicted octanol–water partition coefficient (Wildman–Crippen LogP) is 1.99. The molecule has 1 aromatic carbocycles. The summed E-state index contributed by atoms with van der Waals surface area (Å²) in [6.45, 7) is 3.20. The van der Waals surface area contributed by atoms with Gasteiger partial charge in [-0.05, 0) is 43.4 Å². The second kappa shape index (κ2) is 7.83. The number of nitrogens with two attached hydrogens (primary N) is 1. The number of nitrogens with one attached hydrogen (secondary N) is 1. The maximum atomic E-state index is 11.4. The summed E-state index contributed by atoms with van der Waals surface area (Å²) < 4.78 is 5.16. The van der Waals surface area contributed by atoms with Crippen molar-refractivity contribution < 1.29 is 19.1 Å². The van der Waals surface area contributed by atoms with Crippen molar-refractivity contribution in [3.63, 3.8) is 0 Å².